The number of nitrogens with zero attached hydrogens (tertiary/aromatic N) is 3. The maximum Gasteiger partial charge on any atom is 0.337 e. The zero-order valence-electron chi connectivity index (χ0n) is 13.6. The Morgan fingerprint density at radius 3 is 2.62 bits per heavy atom. The zero-order chi connectivity index (χ0) is 18.5. The summed E-state index contributed by atoms with van der Waals surface area (Å²) in [6.45, 7) is 0. The lowest BCUT2D eigenvalue weighted by Crippen LogP contribution is -2.04. The van der Waals surface area contributed by atoms with E-state index in [9.17, 15) is 4.79 Å². The number of benzene rings is 1. The van der Waals surface area contributed by atoms with Gasteiger partial charge in [-0.3, -0.25) is 0 Å². The average molecular weight is 372 g/mol. The molecule has 0 saturated heterocycles. The van der Waals surface area contributed by atoms with Crippen molar-refractivity contribution in [2.75, 3.05) is 18.2 Å². The van der Waals surface area contributed by atoms with Crippen molar-refractivity contribution in [1.29, 1.82) is 0 Å². The Bertz CT molecular complexity index is 934. The van der Waals surface area contributed by atoms with Crippen LogP contribution in [-0.4, -0.2) is 28.0 Å². The van der Waals surface area contributed by atoms with Gasteiger partial charge in [0.1, 0.15) is 17.8 Å². The Morgan fingerprint density at radius 1 is 1.15 bits per heavy atom. The number of hydrogen-bond donors (Lipinski definition) is 2. The fourth-order valence-electron chi connectivity index (χ4n) is 2.06. The van der Waals surface area contributed by atoms with Crippen molar-refractivity contribution in [2.24, 2.45) is 0 Å². The van der Waals surface area contributed by atoms with Gasteiger partial charge in [-0.2, -0.15) is 4.98 Å². The highest BCUT2D eigenvalue weighted by atomic mass is 35.5. The number of nitrogens with two attached hydrogens (primary N) is 1. The molecule has 132 valence electrons. The van der Waals surface area contributed by atoms with E-state index in [0.717, 1.165) is 0 Å². The predicted octanol–water partition coefficient (Wildman–Crippen LogP) is 3.43. The van der Waals surface area contributed by atoms with Crippen molar-refractivity contribution in [2.45, 2.75) is 0 Å². The van der Waals surface area contributed by atoms with Gasteiger partial charge in [0, 0.05) is 6.20 Å². The number of aromatic nitrogens is 3. The molecule has 0 unspecified atom stereocenters. The van der Waals surface area contributed by atoms with E-state index in [0.29, 0.717) is 22.8 Å². The van der Waals surface area contributed by atoms with Crippen molar-refractivity contribution in [3.8, 4) is 11.6 Å². The van der Waals surface area contributed by atoms with E-state index in [4.69, 9.17) is 22.1 Å². The van der Waals surface area contributed by atoms with Gasteiger partial charge in [-0.25, -0.2) is 14.8 Å². The fourth-order valence-corrected chi connectivity index (χ4v) is 2.22. The number of ether oxygens (including phenoxy) is 2. The monoisotopic (exact) mass is 371 g/mol. The minimum absolute atomic E-state index is 0.160. The number of hydrogen-bond acceptors (Lipinski definition) is 8. The van der Waals surface area contributed by atoms with Gasteiger partial charge in [0.2, 0.25) is 5.88 Å². The number of carbonyl (C=O) groups is 1. The molecule has 0 saturated carbocycles. The predicted molar refractivity (Wildman–Crippen MR) is 96.8 cm³/mol. The molecular weight excluding hydrogens is 358 g/mol. The lowest BCUT2D eigenvalue weighted by Gasteiger charge is -2.12. The molecule has 0 spiro atoms. The van der Waals surface area contributed by atoms with E-state index < -0.39 is 5.97 Å². The SMILES string of the molecule is COC(=O)c1ccc(Oc2ncnc(Nc3cccnc3Cl)c2N)cc1. The van der Waals surface area contributed by atoms with Gasteiger partial charge < -0.3 is 20.5 Å². The minimum Gasteiger partial charge on any atom is -0.465 e. The van der Waals surface area contributed by atoms with Crippen molar-refractivity contribution >= 4 is 34.8 Å². The van der Waals surface area contributed by atoms with Crippen molar-refractivity contribution in [3.05, 3.63) is 59.6 Å². The zero-order valence-corrected chi connectivity index (χ0v) is 14.4. The molecule has 0 amide bonds. The second-order valence-corrected chi connectivity index (χ2v) is 5.38. The summed E-state index contributed by atoms with van der Waals surface area (Å²) in [5, 5.41) is 3.27. The van der Waals surface area contributed by atoms with Crippen molar-refractivity contribution in [1.82, 2.24) is 15.0 Å². The molecule has 3 aromatic rings. The van der Waals surface area contributed by atoms with Gasteiger partial charge in [0.15, 0.2) is 11.0 Å². The van der Waals surface area contributed by atoms with Gasteiger partial charge in [0.05, 0.1) is 18.4 Å². The summed E-state index contributed by atoms with van der Waals surface area (Å²) in [5.74, 6) is 0.510. The topological polar surface area (TPSA) is 112 Å². The number of rotatable bonds is 5. The molecule has 26 heavy (non-hydrogen) atoms. The van der Waals surface area contributed by atoms with Crippen LogP contribution in [0.3, 0.4) is 0 Å². The minimum atomic E-state index is -0.432. The van der Waals surface area contributed by atoms with E-state index in [2.05, 4.69) is 25.0 Å². The van der Waals surface area contributed by atoms with Crippen LogP contribution >= 0.6 is 11.6 Å². The van der Waals surface area contributed by atoms with Crippen LogP contribution in [0.15, 0.2) is 48.9 Å². The first-order chi connectivity index (χ1) is 12.6. The van der Waals surface area contributed by atoms with Crippen LogP contribution in [0.2, 0.25) is 5.15 Å². The molecular formula is C17H14ClN5O3. The second-order valence-electron chi connectivity index (χ2n) is 5.03. The number of nitrogens with one attached hydrogen (secondary N) is 1. The maximum absolute atomic E-state index is 11.5. The number of nitrogen functional groups attached to an aromatic ring is 1. The van der Waals surface area contributed by atoms with E-state index in [-0.39, 0.29) is 16.7 Å². The van der Waals surface area contributed by atoms with Crippen LogP contribution in [0, 0.1) is 0 Å². The molecule has 0 aliphatic rings. The highest BCUT2D eigenvalue weighted by Gasteiger charge is 2.13. The Labute approximate surface area is 154 Å². The standard InChI is InChI=1S/C17H14ClN5O3/c1-25-17(24)10-4-6-11(7-5-10)26-16-13(19)15(21-9-22-16)23-12-3-2-8-20-14(12)18/h2-9H,19H2,1H3,(H,21,22,23). The molecule has 1 aromatic carbocycles. The van der Waals surface area contributed by atoms with Gasteiger partial charge in [-0.1, -0.05) is 11.6 Å². The first kappa shape index (κ1) is 17.4. The Kier molecular flexibility index (Phi) is 5.14. The molecule has 0 radical (unpaired) electrons. The van der Waals surface area contributed by atoms with Crippen LogP contribution in [0.5, 0.6) is 11.6 Å². The van der Waals surface area contributed by atoms with E-state index in [1.165, 1.54) is 13.4 Å². The maximum atomic E-state index is 11.5. The molecule has 0 aliphatic carbocycles. The largest absolute Gasteiger partial charge is 0.465 e. The first-order valence-corrected chi connectivity index (χ1v) is 7.80. The molecule has 2 heterocycles. The van der Waals surface area contributed by atoms with E-state index in [1.807, 2.05) is 0 Å². The molecule has 8 nitrogen and oxygen atoms in total. The Hall–Kier alpha value is -3.39. The van der Waals surface area contributed by atoms with Crippen molar-refractivity contribution < 1.29 is 14.3 Å². The van der Waals surface area contributed by atoms with Crippen LogP contribution in [0.25, 0.3) is 0 Å². The molecule has 2 aromatic heterocycles. The first-order valence-electron chi connectivity index (χ1n) is 7.42. The number of anilines is 3. The van der Waals surface area contributed by atoms with Gasteiger partial charge in [-0.15, -0.1) is 0 Å². The Balaban J connectivity index is 1.81. The summed E-state index contributed by atoms with van der Waals surface area (Å²) in [5.41, 5.74) is 7.23. The smallest absolute Gasteiger partial charge is 0.337 e. The summed E-state index contributed by atoms with van der Waals surface area (Å²) in [6.07, 6.45) is 2.88. The number of esters is 1. The highest BCUT2D eigenvalue weighted by Crippen LogP contribution is 2.32. The van der Waals surface area contributed by atoms with Gasteiger partial charge >= 0.3 is 5.97 Å². The Morgan fingerprint density at radius 2 is 1.92 bits per heavy atom. The molecule has 0 aliphatic heterocycles. The van der Waals surface area contributed by atoms with Gasteiger partial charge in [-0.05, 0) is 36.4 Å². The number of carbonyl (C=O) groups excluding carboxylic acids is 1. The third kappa shape index (κ3) is 3.81. The number of methoxy groups -OCH3 is 1. The molecule has 9 heteroatoms. The molecule has 3 N–H and O–H groups in total. The summed E-state index contributed by atoms with van der Waals surface area (Å²) in [7, 11) is 1.32. The highest BCUT2D eigenvalue weighted by molar-refractivity contribution is 6.32. The van der Waals surface area contributed by atoms with Crippen LogP contribution in [0.1, 0.15) is 10.4 Å². The van der Waals surface area contributed by atoms with Crippen LogP contribution in [-0.2, 0) is 4.74 Å². The average Bonchev–Trinajstić information content (AvgIpc) is 2.66. The summed E-state index contributed by atoms with van der Waals surface area (Å²) >= 11 is 6.02. The lowest BCUT2D eigenvalue weighted by atomic mass is 10.2. The summed E-state index contributed by atoms with van der Waals surface area (Å²) < 4.78 is 10.3. The van der Waals surface area contributed by atoms with Crippen LogP contribution < -0.4 is 15.8 Å². The summed E-state index contributed by atoms with van der Waals surface area (Å²) in [6, 6.07) is 9.84. The number of halogens is 1. The molecule has 0 atom stereocenters. The fraction of sp³-hybridized carbons (Fsp3) is 0.0588. The molecule has 3 rings (SSSR count). The van der Waals surface area contributed by atoms with Crippen molar-refractivity contribution in [3.63, 3.8) is 0 Å². The van der Waals surface area contributed by atoms with Crippen LogP contribution in [0.4, 0.5) is 17.2 Å². The molecule has 0 fully saturated rings. The third-order valence-electron chi connectivity index (χ3n) is 3.35. The summed E-state index contributed by atoms with van der Waals surface area (Å²) in [4.78, 5) is 23.6. The third-order valence-corrected chi connectivity index (χ3v) is 3.65. The van der Waals surface area contributed by atoms with E-state index in [1.54, 1.807) is 42.6 Å². The number of pyridine rings is 1. The van der Waals surface area contributed by atoms with E-state index >= 15 is 0 Å². The quantitative estimate of drug-likeness (QED) is 0.518. The normalized spacial score (nSPS) is 10.2. The lowest BCUT2D eigenvalue weighted by molar-refractivity contribution is 0.0600. The molecule has 0 bridgehead atoms. The van der Waals surface area contributed by atoms with Gasteiger partial charge in [0.25, 0.3) is 0 Å². The second kappa shape index (κ2) is 7.66.